The highest BCUT2D eigenvalue weighted by Gasteiger charge is 2.21. The molecule has 1 aromatic rings. The van der Waals surface area contributed by atoms with Crippen molar-refractivity contribution in [2.75, 3.05) is 26.2 Å². The van der Waals surface area contributed by atoms with E-state index in [-0.39, 0.29) is 5.91 Å². The zero-order valence-corrected chi connectivity index (χ0v) is 14.6. The van der Waals surface area contributed by atoms with E-state index in [9.17, 15) is 4.79 Å². The second kappa shape index (κ2) is 7.95. The molecule has 4 heteroatoms. The average molecular weight is 353 g/mol. The summed E-state index contributed by atoms with van der Waals surface area (Å²) in [6.45, 7) is 8.05. The Morgan fingerprint density at radius 3 is 2.67 bits per heavy atom. The van der Waals surface area contributed by atoms with Gasteiger partial charge in [-0.15, -0.1) is 0 Å². The fourth-order valence-corrected chi connectivity index (χ4v) is 3.57. The van der Waals surface area contributed by atoms with Crippen LogP contribution in [0.25, 0.3) is 0 Å². The number of carbonyl (C=O) groups excluding carboxylic acids is 1. The number of piperidine rings is 1. The number of aryl methyl sites for hydroxylation is 1. The molecule has 1 N–H and O–H groups in total. The van der Waals surface area contributed by atoms with Gasteiger partial charge in [0.15, 0.2) is 0 Å². The predicted octanol–water partition coefficient (Wildman–Crippen LogP) is 3.61. The van der Waals surface area contributed by atoms with Crippen molar-refractivity contribution in [1.29, 1.82) is 0 Å². The van der Waals surface area contributed by atoms with Crippen molar-refractivity contribution in [3.05, 3.63) is 33.8 Å². The fourth-order valence-electron chi connectivity index (χ4n) is 2.96. The first-order chi connectivity index (χ1) is 10.1. The van der Waals surface area contributed by atoms with E-state index in [0.717, 1.165) is 48.2 Å². The van der Waals surface area contributed by atoms with Gasteiger partial charge in [-0.1, -0.05) is 22.9 Å². The minimum Gasteiger partial charge on any atom is -0.338 e. The summed E-state index contributed by atoms with van der Waals surface area (Å²) in [6, 6.07) is 5.95. The summed E-state index contributed by atoms with van der Waals surface area (Å²) in [5.74, 6) is 0.801. The van der Waals surface area contributed by atoms with Crippen LogP contribution in [-0.2, 0) is 0 Å². The van der Waals surface area contributed by atoms with Crippen molar-refractivity contribution < 1.29 is 4.79 Å². The molecule has 1 amide bonds. The first kappa shape index (κ1) is 16.5. The van der Waals surface area contributed by atoms with Crippen molar-refractivity contribution in [3.8, 4) is 0 Å². The molecule has 3 nitrogen and oxygen atoms in total. The summed E-state index contributed by atoms with van der Waals surface area (Å²) in [4.78, 5) is 14.8. The van der Waals surface area contributed by atoms with Gasteiger partial charge in [0, 0.05) is 23.1 Å². The fraction of sp³-hybridized carbons (Fsp3) is 0.588. The summed E-state index contributed by atoms with van der Waals surface area (Å²) >= 11 is 3.49. The van der Waals surface area contributed by atoms with Crippen molar-refractivity contribution >= 4 is 21.8 Å². The molecule has 0 atom stereocenters. The van der Waals surface area contributed by atoms with E-state index in [2.05, 4.69) is 28.2 Å². The van der Waals surface area contributed by atoms with Crippen molar-refractivity contribution in [2.24, 2.45) is 5.92 Å². The summed E-state index contributed by atoms with van der Waals surface area (Å²) in [6.07, 6.45) is 3.35. The smallest absolute Gasteiger partial charge is 0.253 e. The maximum atomic E-state index is 12.8. The number of benzene rings is 1. The highest BCUT2D eigenvalue weighted by Crippen LogP contribution is 2.19. The number of amides is 1. The second-order valence-electron chi connectivity index (χ2n) is 5.96. The predicted molar refractivity (Wildman–Crippen MR) is 90.7 cm³/mol. The van der Waals surface area contributed by atoms with Crippen LogP contribution >= 0.6 is 15.9 Å². The monoisotopic (exact) mass is 352 g/mol. The van der Waals surface area contributed by atoms with Crippen LogP contribution in [0.5, 0.6) is 0 Å². The third-order valence-electron chi connectivity index (χ3n) is 4.01. The molecule has 1 aliphatic heterocycles. The number of rotatable bonds is 5. The summed E-state index contributed by atoms with van der Waals surface area (Å²) in [7, 11) is 0. The van der Waals surface area contributed by atoms with E-state index in [4.69, 9.17) is 0 Å². The molecule has 1 fully saturated rings. The van der Waals surface area contributed by atoms with Gasteiger partial charge in [0.05, 0.1) is 0 Å². The molecule has 1 aromatic carbocycles. The molecule has 0 radical (unpaired) electrons. The van der Waals surface area contributed by atoms with E-state index >= 15 is 0 Å². The maximum absolute atomic E-state index is 12.8. The Morgan fingerprint density at radius 2 is 2.05 bits per heavy atom. The van der Waals surface area contributed by atoms with Crippen LogP contribution in [-0.4, -0.2) is 37.0 Å². The van der Waals surface area contributed by atoms with Gasteiger partial charge in [0.2, 0.25) is 0 Å². The lowest BCUT2D eigenvalue weighted by Crippen LogP contribution is -2.39. The average Bonchev–Trinajstić information content (AvgIpc) is 2.46. The van der Waals surface area contributed by atoms with Crippen LogP contribution in [0.2, 0.25) is 0 Å². The van der Waals surface area contributed by atoms with Crippen molar-refractivity contribution in [1.82, 2.24) is 10.2 Å². The lowest BCUT2D eigenvalue weighted by molar-refractivity contribution is 0.0716. The molecule has 0 bridgehead atoms. The van der Waals surface area contributed by atoms with Gasteiger partial charge in [-0.05, 0) is 69.0 Å². The molecule has 2 rings (SSSR count). The number of hydrogen-bond acceptors (Lipinski definition) is 2. The van der Waals surface area contributed by atoms with Crippen LogP contribution in [0, 0.1) is 12.8 Å². The molecule has 1 heterocycles. The molecular formula is C17H25BrN2O. The Kier molecular flexibility index (Phi) is 6.24. The molecule has 21 heavy (non-hydrogen) atoms. The molecule has 0 unspecified atom stereocenters. The molecule has 0 aliphatic carbocycles. The van der Waals surface area contributed by atoms with E-state index in [1.807, 2.05) is 30.0 Å². The van der Waals surface area contributed by atoms with E-state index in [1.54, 1.807) is 0 Å². The number of carbonyl (C=O) groups is 1. The van der Waals surface area contributed by atoms with Gasteiger partial charge in [-0.25, -0.2) is 0 Å². The lowest BCUT2D eigenvalue weighted by atomic mass is 9.97. The quantitative estimate of drug-likeness (QED) is 0.877. The number of halogens is 1. The minimum atomic E-state index is 0.166. The topological polar surface area (TPSA) is 32.3 Å². The molecule has 1 saturated heterocycles. The zero-order chi connectivity index (χ0) is 15.2. The first-order valence-electron chi connectivity index (χ1n) is 7.87. The third kappa shape index (κ3) is 4.82. The number of nitrogens with one attached hydrogen (secondary N) is 1. The second-order valence-corrected chi connectivity index (χ2v) is 6.88. The van der Waals surface area contributed by atoms with Gasteiger partial charge in [-0.2, -0.15) is 0 Å². The van der Waals surface area contributed by atoms with Crippen LogP contribution in [0.3, 0.4) is 0 Å². The lowest BCUT2D eigenvalue weighted by Gasteiger charge is -2.30. The van der Waals surface area contributed by atoms with Gasteiger partial charge in [0.25, 0.3) is 5.91 Å². The van der Waals surface area contributed by atoms with Gasteiger partial charge in [0.1, 0.15) is 0 Å². The molecule has 0 aromatic heterocycles. The van der Waals surface area contributed by atoms with E-state index < -0.39 is 0 Å². The SMILES string of the molecule is CCCN(CC1CCNCC1)C(=O)c1cc(C)cc(Br)c1. The number of hydrogen-bond donors (Lipinski definition) is 1. The van der Waals surface area contributed by atoms with Crippen LogP contribution < -0.4 is 5.32 Å². The largest absolute Gasteiger partial charge is 0.338 e. The van der Waals surface area contributed by atoms with Crippen LogP contribution in [0.1, 0.15) is 42.1 Å². The van der Waals surface area contributed by atoms with Crippen molar-refractivity contribution in [3.63, 3.8) is 0 Å². The Labute approximate surface area is 136 Å². The maximum Gasteiger partial charge on any atom is 0.253 e. The molecule has 1 aliphatic rings. The Bertz CT molecular complexity index is 463. The van der Waals surface area contributed by atoms with Crippen LogP contribution in [0.15, 0.2) is 22.7 Å². The third-order valence-corrected chi connectivity index (χ3v) is 4.46. The van der Waals surface area contributed by atoms with Gasteiger partial charge < -0.3 is 10.2 Å². The Morgan fingerprint density at radius 1 is 1.33 bits per heavy atom. The Hall–Kier alpha value is -0.870. The van der Waals surface area contributed by atoms with Gasteiger partial charge >= 0.3 is 0 Å². The zero-order valence-electron chi connectivity index (χ0n) is 13.0. The van der Waals surface area contributed by atoms with Gasteiger partial charge in [-0.3, -0.25) is 4.79 Å². The molecule has 116 valence electrons. The Balaban J connectivity index is 2.10. The highest BCUT2D eigenvalue weighted by atomic mass is 79.9. The summed E-state index contributed by atoms with van der Waals surface area (Å²) in [5, 5.41) is 3.39. The highest BCUT2D eigenvalue weighted by molar-refractivity contribution is 9.10. The van der Waals surface area contributed by atoms with E-state index in [1.165, 1.54) is 12.8 Å². The van der Waals surface area contributed by atoms with Crippen LogP contribution in [0.4, 0.5) is 0 Å². The van der Waals surface area contributed by atoms with E-state index in [0.29, 0.717) is 5.92 Å². The molecule has 0 saturated carbocycles. The normalized spacial score (nSPS) is 16.0. The molecular weight excluding hydrogens is 328 g/mol. The molecule has 0 spiro atoms. The minimum absolute atomic E-state index is 0.166. The number of nitrogens with zero attached hydrogens (tertiary/aromatic N) is 1. The van der Waals surface area contributed by atoms with Crippen molar-refractivity contribution in [2.45, 2.75) is 33.1 Å². The standard InChI is InChI=1S/C17H25BrN2O/c1-3-8-20(12-14-4-6-19-7-5-14)17(21)15-9-13(2)10-16(18)11-15/h9-11,14,19H,3-8,12H2,1-2H3. The summed E-state index contributed by atoms with van der Waals surface area (Å²) < 4.78 is 0.976. The first-order valence-corrected chi connectivity index (χ1v) is 8.66. The summed E-state index contributed by atoms with van der Waals surface area (Å²) in [5.41, 5.74) is 1.91.